The van der Waals surface area contributed by atoms with Gasteiger partial charge in [0.2, 0.25) is 0 Å². The number of hydrogen-bond acceptors (Lipinski definition) is 10. The van der Waals surface area contributed by atoms with E-state index >= 15 is 0 Å². The van der Waals surface area contributed by atoms with Crippen molar-refractivity contribution in [2.45, 2.75) is 0 Å². The molecule has 0 spiro atoms. The van der Waals surface area contributed by atoms with Crippen LogP contribution in [-0.4, -0.2) is 48.9 Å². The molecule has 16 nitrogen and oxygen atoms in total. The number of rotatable bonds is 0. The highest BCUT2D eigenvalue weighted by atomic mass is 32.3. The molecular weight excluding hydrogens is 316 g/mol. The summed E-state index contributed by atoms with van der Waals surface area (Å²) >= 11 is 0. The number of aromatic amines is 4. The van der Waals surface area contributed by atoms with E-state index in [0.717, 1.165) is 0 Å². The predicted molar refractivity (Wildman–Crippen MR) is 65.6 cm³/mol. The largest absolute Gasteiger partial charge is 0.759 e. The first-order chi connectivity index (χ1) is 8.58. The molecule has 0 saturated heterocycles. The lowest BCUT2D eigenvalue weighted by molar-refractivity contribution is -0.342. The molecule has 21 heavy (non-hydrogen) atoms. The number of H-pyrrole nitrogens is 4. The van der Waals surface area contributed by atoms with Gasteiger partial charge in [-0.3, -0.25) is 8.42 Å². The van der Waals surface area contributed by atoms with Crippen molar-refractivity contribution in [3.63, 3.8) is 0 Å². The third-order valence-corrected chi connectivity index (χ3v) is 1.12. The molecule has 0 fully saturated rings. The van der Waals surface area contributed by atoms with Gasteiger partial charge in [0.05, 0.1) is 0 Å². The van der Waals surface area contributed by atoms with E-state index in [-0.39, 0.29) is 11.0 Å². The Morgan fingerprint density at radius 3 is 1.14 bits per heavy atom. The van der Waals surface area contributed by atoms with Gasteiger partial charge in [-0.15, -0.1) is 0 Å². The van der Waals surface area contributed by atoms with Gasteiger partial charge >= 0.3 is 23.8 Å². The minimum Gasteiger partial charge on any atom is -0.759 e. The van der Waals surface area contributed by atoms with E-state index < -0.39 is 10.4 Å². The zero-order valence-corrected chi connectivity index (χ0v) is 11.1. The van der Waals surface area contributed by atoms with Gasteiger partial charge in [0, 0.05) is 10.4 Å². The maximum Gasteiger partial charge on any atom is 0.343 e. The van der Waals surface area contributed by atoms with Gasteiger partial charge in [0.25, 0.3) is 0 Å². The Morgan fingerprint density at radius 2 is 1.10 bits per heavy atom. The smallest absolute Gasteiger partial charge is 0.343 e. The number of nitrogens with zero attached hydrogens (tertiary/aromatic N) is 2. The fourth-order valence-corrected chi connectivity index (χ4v) is 0.629. The van der Waals surface area contributed by atoms with E-state index in [1.165, 1.54) is 0 Å². The molecule has 0 amide bonds. The normalized spacial score (nSPS) is 8.86. The van der Waals surface area contributed by atoms with Crippen LogP contribution in [0.4, 0.5) is 23.8 Å². The van der Waals surface area contributed by atoms with Crippen molar-refractivity contribution >= 4 is 34.2 Å². The number of nitrogens with two attached hydrogens (primary N) is 4. The van der Waals surface area contributed by atoms with Gasteiger partial charge in [0.15, 0.2) is 0 Å². The van der Waals surface area contributed by atoms with Crippen LogP contribution in [0, 0.1) is 0 Å². The molecular formula is C4H16N10O6S. The highest BCUT2D eigenvalue weighted by Crippen LogP contribution is 1.80. The standard InChI is InChI=1S/2C2H5N5.H2O4S.2H2O/c2*3-1-5-2(4)7-6-1;1-5(2,3)4;;/h2*(H5,3,4,5,6,7);(H2,1,2,3,4);2*1H2. The molecule has 16 N–H and O–H groups in total. The lowest BCUT2D eigenvalue weighted by Crippen LogP contribution is -2.10. The summed E-state index contributed by atoms with van der Waals surface area (Å²) < 4.78 is 34.1. The lowest BCUT2D eigenvalue weighted by Gasteiger charge is -2.06. The van der Waals surface area contributed by atoms with E-state index in [1.807, 2.05) is 0 Å². The minimum atomic E-state index is -5.17. The van der Waals surface area contributed by atoms with E-state index in [4.69, 9.17) is 40.5 Å². The predicted octanol–water partition coefficient (Wildman–Crippen LogP) is -6.21. The minimum absolute atomic E-state index is 0. The maximum absolute atomic E-state index is 8.52. The molecule has 0 aliphatic rings. The van der Waals surface area contributed by atoms with Crippen molar-refractivity contribution in [2.24, 2.45) is 0 Å². The molecule has 0 bridgehead atoms. The van der Waals surface area contributed by atoms with Gasteiger partial charge in [0.1, 0.15) is 0 Å². The van der Waals surface area contributed by atoms with Crippen LogP contribution < -0.4 is 32.9 Å². The van der Waals surface area contributed by atoms with Crippen LogP contribution >= 0.6 is 0 Å². The molecule has 124 valence electrons. The second-order valence-electron chi connectivity index (χ2n) is 2.70. The quantitative estimate of drug-likeness (QED) is 0.195. The van der Waals surface area contributed by atoms with Crippen molar-refractivity contribution < 1.29 is 38.4 Å². The van der Waals surface area contributed by atoms with Crippen LogP contribution in [0.15, 0.2) is 0 Å². The summed E-state index contributed by atoms with van der Waals surface area (Å²) in [6, 6.07) is 0. The highest BCUT2D eigenvalue weighted by molar-refractivity contribution is 7.79. The molecule has 2 aromatic rings. The van der Waals surface area contributed by atoms with Crippen LogP contribution in [0.5, 0.6) is 0 Å². The van der Waals surface area contributed by atoms with Crippen LogP contribution in [-0.2, 0) is 10.4 Å². The summed E-state index contributed by atoms with van der Waals surface area (Å²) in [7, 11) is -5.17. The number of nitrogen functional groups attached to an aromatic ring is 4. The Kier molecular flexibility index (Phi) is 11.2. The zero-order valence-electron chi connectivity index (χ0n) is 10.2. The molecule has 0 aliphatic heterocycles. The molecule has 2 aromatic heterocycles. The van der Waals surface area contributed by atoms with Crippen LogP contribution in [0.1, 0.15) is 0 Å². The summed E-state index contributed by atoms with van der Waals surface area (Å²) in [4.78, 5) is 5.06. The molecule has 0 aromatic carbocycles. The van der Waals surface area contributed by atoms with Gasteiger partial charge in [-0.25, -0.2) is 9.97 Å². The van der Waals surface area contributed by atoms with E-state index in [1.54, 1.807) is 0 Å². The highest BCUT2D eigenvalue weighted by Gasteiger charge is 1.95. The Hall–Kier alpha value is -2.73. The van der Waals surface area contributed by atoms with Gasteiger partial charge in [-0.1, -0.05) is 0 Å². The second kappa shape index (κ2) is 10.1. The SMILES string of the molecule is Nc1n[nH]c(N)[nH+]1.Nc1n[nH]c(N)[nH+]1.O.O.O=S(=O)([O-])[O-]. The van der Waals surface area contributed by atoms with Gasteiger partial charge in [-0.05, 0) is 10.2 Å². The van der Waals surface area contributed by atoms with Crippen molar-refractivity contribution in [3.05, 3.63) is 0 Å². The fourth-order valence-electron chi connectivity index (χ4n) is 0.629. The first kappa shape index (κ1) is 23.4. The van der Waals surface area contributed by atoms with Gasteiger partial charge in [-0.2, -0.15) is 10.2 Å². The summed E-state index contributed by atoms with van der Waals surface area (Å²) in [5, 5.41) is 11.8. The van der Waals surface area contributed by atoms with E-state index in [9.17, 15) is 0 Å². The zero-order chi connectivity index (χ0) is 15.1. The number of hydrogen-bond donors (Lipinski definition) is 6. The summed E-state index contributed by atoms with van der Waals surface area (Å²) in [6.07, 6.45) is 0. The van der Waals surface area contributed by atoms with Crippen molar-refractivity contribution in [1.29, 1.82) is 0 Å². The molecule has 0 atom stereocenters. The van der Waals surface area contributed by atoms with E-state index in [2.05, 4.69) is 30.4 Å². The summed E-state index contributed by atoms with van der Waals surface area (Å²) in [5.41, 5.74) is 20.5. The number of aromatic nitrogens is 6. The van der Waals surface area contributed by atoms with Crippen molar-refractivity contribution in [2.75, 3.05) is 22.9 Å². The van der Waals surface area contributed by atoms with Crippen LogP contribution in [0.3, 0.4) is 0 Å². The Morgan fingerprint density at radius 1 is 0.857 bits per heavy atom. The molecule has 0 aliphatic carbocycles. The van der Waals surface area contributed by atoms with Crippen LogP contribution in [0.25, 0.3) is 0 Å². The Bertz CT molecular complexity index is 513. The van der Waals surface area contributed by atoms with Crippen molar-refractivity contribution in [3.8, 4) is 0 Å². The molecule has 2 heterocycles. The van der Waals surface area contributed by atoms with E-state index in [0.29, 0.717) is 23.8 Å². The maximum atomic E-state index is 8.52. The number of nitrogens with one attached hydrogen (secondary N) is 4. The molecule has 0 unspecified atom stereocenters. The molecule has 0 saturated carbocycles. The first-order valence-electron chi connectivity index (χ1n) is 4.22. The number of anilines is 4. The second-order valence-corrected chi connectivity index (χ2v) is 3.52. The van der Waals surface area contributed by atoms with Gasteiger partial charge < -0.3 is 43.0 Å². The lowest BCUT2D eigenvalue weighted by atomic mass is 11.0. The average molecular weight is 332 g/mol. The van der Waals surface area contributed by atoms with Crippen molar-refractivity contribution in [1.82, 2.24) is 20.4 Å². The molecule has 17 heteroatoms. The first-order valence-corrected chi connectivity index (χ1v) is 5.55. The molecule has 2 rings (SSSR count). The third kappa shape index (κ3) is 17.3. The van der Waals surface area contributed by atoms with Crippen LogP contribution in [0.2, 0.25) is 0 Å². The average Bonchev–Trinajstić information content (AvgIpc) is 2.74. The fraction of sp³-hybridized carbons (Fsp3) is 0. The summed E-state index contributed by atoms with van der Waals surface area (Å²) in [5.74, 6) is 1.35. The topological polar surface area (TPSA) is 333 Å². The summed E-state index contributed by atoms with van der Waals surface area (Å²) in [6.45, 7) is 0. The molecule has 0 radical (unpaired) electrons. The Balaban J connectivity index is -0.000000225. The third-order valence-electron chi connectivity index (χ3n) is 1.12. The Labute approximate surface area is 117 Å². The monoisotopic (exact) mass is 332 g/mol.